The Morgan fingerprint density at radius 3 is 2.39 bits per heavy atom. The summed E-state index contributed by atoms with van der Waals surface area (Å²) in [6.07, 6.45) is 2.53. The lowest BCUT2D eigenvalue weighted by Gasteiger charge is -2.18. The highest BCUT2D eigenvalue weighted by Crippen LogP contribution is 2.14. The largest absolute Gasteiger partial charge is 0.468 e. The number of aryl methyl sites for hydroxylation is 2. The van der Waals surface area contributed by atoms with Gasteiger partial charge in [-0.1, -0.05) is 6.07 Å². The Hall–Kier alpha value is -2.12. The van der Waals surface area contributed by atoms with Crippen molar-refractivity contribution in [2.75, 3.05) is 18.1 Å². The van der Waals surface area contributed by atoms with E-state index in [1.165, 1.54) is 6.26 Å². The van der Waals surface area contributed by atoms with E-state index in [1.54, 1.807) is 12.1 Å². The van der Waals surface area contributed by atoms with Gasteiger partial charge < -0.3 is 9.73 Å². The van der Waals surface area contributed by atoms with Crippen LogP contribution in [0.4, 0.5) is 5.69 Å². The zero-order valence-electron chi connectivity index (χ0n) is 13.4. The molecule has 23 heavy (non-hydrogen) atoms. The van der Waals surface area contributed by atoms with Crippen molar-refractivity contribution in [3.8, 4) is 0 Å². The van der Waals surface area contributed by atoms with Gasteiger partial charge in [0, 0.05) is 5.69 Å². The van der Waals surface area contributed by atoms with Gasteiger partial charge in [-0.2, -0.15) is 4.31 Å². The Bertz CT molecular complexity index is 762. The predicted octanol–water partition coefficient (Wildman–Crippen LogP) is 2.30. The van der Waals surface area contributed by atoms with Crippen LogP contribution in [0.1, 0.15) is 16.9 Å². The molecule has 124 valence electrons. The average Bonchev–Trinajstić information content (AvgIpc) is 2.88. The number of sulfonamides is 1. The summed E-state index contributed by atoms with van der Waals surface area (Å²) in [5.74, 6) is 0.0848. The van der Waals surface area contributed by atoms with Crippen LogP contribution in [0, 0.1) is 13.8 Å². The van der Waals surface area contributed by atoms with Crippen LogP contribution < -0.4 is 5.32 Å². The molecule has 1 N–H and O–H groups in total. The highest BCUT2D eigenvalue weighted by molar-refractivity contribution is 7.88. The molecule has 0 unspecified atom stereocenters. The molecule has 0 radical (unpaired) electrons. The quantitative estimate of drug-likeness (QED) is 0.878. The van der Waals surface area contributed by atoms with E-state index in [-0.39, 0.29) is 13.1 Å². The van der Waals surface area contributed by atoms with Crippen LogP contribution in [0.3, 0.4) is 0 Å². The topological polar surface area (TPSA) is 79.6 Å². The molecule has 1 heterocycles. The zero-order chi connectivity index (χ0) is 17.0. The average molecular weight is 336 g/mol. The Kier molecular flexibility index (Phi) is 5.23. The lowest BCUT2D eigenvalue weighted by atomic mass is 10.1. The van der Waals surface area contributed by atoms with E-state index in [0.29, 0.717) is 11.4 Å². The summed E-state index contributed by atoms with van der Waals surface area (Å²) in [6.45, 7) is 3.61. The molecule has 0 saturated carbocycles. The van der Waals surface area contributed by atoms with Crippen molar-refractivity contribution in [1.82, 2.24) is 4.31 Å². The maximum absolute atomic E-state index is 12.2. The molecule has 0 atom stereocenters. The normalized spacial score (nSPS) is 11.7. The summed E-state index contributed by atoms with van der Waals surface area (Å²) in [4.78, 5) is 12.2. The second-order valence-electron chi connectivity index (χ2n) is 5.53. The third-order valence-electron chi connectivity index (χ3n) is 3.21. The summed E-state index contributed by atoms with van der Waals surface area (Å²) in [6, 6.07) is 9.01. The van der Waals surface area contributed by atoms with Crippen molar-refractivity contribution < 1.29 is 17.6 Å². The van der Waals surface area contributed by atoms with E-state index in [1.807, 2.05) is 32.0 Å². The number of amides is 1. The smallest absolute Gasteiger partial charge is 0.239 e. The number of carbonyl (C=O) groups is 1. The first kappa shape index (κ1) is 17.2. The molecular formula is C16H20N2O4S. The van der Waals surface area contributed by atoms with Crippen LogP contribution in [-0.2, 0) is 21.4 Å². The van der Waals surface area contributed by atoms with Gasteiger partial charge >= 0.3 is 0 Å². The fraction of sp³-hybridized carbons (Fsp3) is 0.312. The molecule has 0 fully saturated rings. The molecule has 1 amide bonds. The highest BCUT2D eigenvalue weighted by atomic mass is 32.2. The van der Waals surface area contributed by atoms with Crippen molar-refractivity contribution in [3.63, 3.8) is 0 Å². The predicted molar refractivity (Wildman–Crippen MR) is 88.5 cm³/mol. The van der Waals surface area contributed by atoms with Crippen LogP contribution in [0.5, 0.6) is 0 Å². The molecule has 0 aliphatic carbocycles. The molecule has 7 heteroatoms. The molecule has 6 nitrogen and oxygen atoms in total. The standard InChI is InChI=1S/C16H20N2O4S/c1-12-7-13(2)9-14(8-12)17-16(19)11-18(23(3,20)21)10-15-5-4-6-22-15/h4-9H,10-11H2,1-3H3,(H,17,19). The third kappa shape index (κ3) is 5.22. The molecule has 0 aliphatic rings. The number of carbonyl (C=O) groups excluding carboxylic acids is 1. The van der Waals surface area contributed by atoms with E-state index in [2.05, 4.69) is 5.32 Å². The van der Waals surface area contributed by atoms with Crippen molar-refractivity contribution in [2.24, 2.45) is 0 Å². The summed E-state index contributed by atoms with van der Waals surface area (Å²) in [5.41, 5.74) is 2.70. The molecule has 0 bridgehead atoms. The van der Waals surface area contributed by atoms with Gasteiger partial charge in [0.05, 0.1) is 25.6 Å². The van der Waals surface area contributed by atoms with E-state index in [4.69, 9.17) is 4.42 Å². The monoisotopic (exact) mass is 336 g/mol. The van der Waals surface area contributed by atoms with Crippen LogP contribution in [-0.4, -0.2) is 31.4 Å². The number of benzene rings is 1. The van der Waals surface area contributed by atoms with Gasteiger partial charge in [-0.3, -0.25) is 4.79 Å². The van der Waals surface area contributed by atoms with Gasteiger partial charge in [0.1, 0.15) is 5.76 Å². The second kappa shape index (κ2) is 6.97. The van der Waals surface area contributed by atoms with Gasteiger partial charge in [-0.25, -0.2) is 8.42 Å². The SMILES string of the molecule is Cc1cc(C)cc(NC(=O)CN(Cc2ccco2)S(C)(=O)=O)c1. The van der Waals surface area contributed by atoms with Crippen LogP contribution in [0.25, 0.3) is 0 Å². The van der Waals surface area contributed by atoms with Gasteiger partial charge in [0.25, 0.3) is 0 Å². The summed E-state index contributed by atoms with van der Waals surface area (Å²) < 4.78 is 29.9. The number of furan rings is 1. The van der Waals surface area contributed by atoms with Crippen LogP contribution >= 0.6 is 0 Å². The Morgan fingerprint density at radius 2 is 1.87 bits per heavy atom. The molecular weight excluding hydrogens is 316 g/mol. The minimum absolute atomic E-state index is 0.0199. The number of nitrogens with one attached hydrogen (secondary N) is 1. The third-order valence-corrected chi connectivity index (χ3v) is 4.40. The fourth-order valence-electron chi connectivity index (χ4n) is 2.27. The molecule has 1 aromatic carbocycles. The van der Waals surface area contributed by atoms with Gasteiger partial charge in [0.15, 0.2) is 0 Å². The Labute approximate surface area is 136 Å². The number of rotatable bonds is 6. The van der Waals surface area contributed by atoms with E-state index >= 15 is 0 Å². The van der Waals surface area contributed by atoms with Crippen molar-refractivity contribution in [2.45, 2.75) is 20.4 Å². The number of hydrogen-bond donors (Lipinski definition) is 1. The van der Waals surface area contributed by atoms with E-state index in [9.17, 15) is 13.2 Å². The number of nitrogens with zero attached hydrogens (tertiary/aromatic N) is 1. The van der Waals surface area contributed by atoms with E-state index < -0.39 is 15.9 Å². The summed E-state index contributed by atoms with van der Waals surface area (Å²) >= 11 is 0. The number of hydrogen-bond acceptors (Lipinski definition) is 4. The number of anilines is 1. The molecule has 0 saturated heterocycles. The van der Waals surface area contributed by atoms with Crippen molar-refractivity contribution in [3.05, 3.63) is 53.5 Å². The van der Waals surface area contributed by atoms with Crippen LogP contribution in [0.15, 0.2) is 41.0 Å². The van der Waals surface area contributed by atoms with Crippen LogP contribution in [0.2, 0.25) is 0 Å². The van der Waals surface area contributed by atoms with E-state index in [0.717, 1.165) is 21.7 Å². The Morgan fingerprint density at radius 1 is 1.22 bits per heavy atom. The van der Waals surface area contributed by atoms with Gasteiger partial charge in [-0.15, -0.1) is 0 Å². The second-order valence-corrected chi connectivity index (χ2v) is 7.52. The lowest BCUT2D eigenvalue weighted by Crippen LogP contribution is -2.36. The molecule has 2 aromatic rings. The first-order valence-corrected chi connectivity index (χ1v) is 8.94. The maximum atomic E-state index is 12.2. The van der Waals surface area contributed by atoms with Gasteiger partial charge in [-0.05, 0) is 49.2 Å². The van der Waals surface area contributed by atoms with Crippen molar-refractivity contribution in [1.29, 1.82) is 0 Å². The first-order chi connectivity index (χ1) is 10.7. The highest BCUT2D eigenvalue weighted by Gasteiger charge is 2.21. The molecule has 0 aliphatic heterocycles. The summed E-state index contributed by atoms with van der Waals surface area (Å²) in [7, 11) is -3.53. The zero-order valence-corrected chi connectivity index (χ0v) is 14.2. The van der Waals surface area contributed by atoms with Crippen molar-refractivity contribution >= 4 is 21.6 Å². The molecule has 2 rings (SSSR count). The van der Waals surface area contributed by atoms with Gasteiger partial charge in [0.2, 0.25) is 15.9 Å². The maximum Gasteiger partial charge on any atom is 0.239 e. The Balaban J connectivity index is 2.08. The minimum Gasteiger partial charge on any atom is -0.468 e. The first-order valence-electron chi connectivity index (χ1n) is 7.10. The fourth-order valence-corrected chi connectivity index (χ4v) is 2.99. The molecule has 1 aromatic heterocycles. The lowest BCUT2D eigenvalue weighted by molar-refractivity contribution is -0.116. The summed E-state index contributed by atoms with van der Waals surface area (Å²) in [5, 5.41) is 2.73. The molecule has 0 spiro atoms. The minimum atomic E-state index is -3.53.